The van der Waals surface area contributed by atoms with Gasteiger partial charge in [0.2, 0.25) is 5.91 Å². The lowest BCUT2D eigenvalue weighted by Crippen LogP contribution is -2.29. The van der Waals surface area contributed by atoms with Crippen molar-refractivity contribution in [2.75, 3.05) is 6.54 Å². The van der Waals surface area contributed by atoms with Crippen molar-refractivity contribution in [3.8, 4) is 0 Å². The average Bonchev–Trinajstić information content (AvgIpc) is 2.95. The number of aromatic nitrogens is 1. The summed E-state index contributed by atoms with van der Waals surface area (Å²) in [5, 5.41) is 3.05. The Hall–Kier alpha value is -1.84. The van der Waals surface area contributed by atoms with E-state index in [4.69, 9.17) is 4.42 Å². The van der Waals surface area contributed by atoms with E-state index in [1.165, 1.54) is 19.3 Å². The lowest BCUT2D eigenvalue weighted by Gasteiger charge is -2.15. The zero-order valence-corrected chi connectivity index (χ0v) is 14.5. The molecule has 126 valence electrons. The number of nitrogens with one attached hydrogen (secondary N) is 1. The number of fused-ring (bicyclic) bond motifs is 1. The molecule has 1 aromatic heterocycles. The standard InChI is InChI=1S/C19H28N2O2/c1-4-6-7-15(5-2)13-20-18(22)10-11-19-21-16-12-14(3)8-9-17(16)23-19/h8-9,12,15H,4-7,10-11,13H2,1-3H3,(H,20,22). The van der Waals surface area contributed by atoms with Crippen LogP contribution in [0.4, 0.5) is 0 Å². The van der Waals surface area contributed by atoms with E-state index in [1.54, 1.807) is 0 Å². The largest absolute Gasteiger partial charge is 0.441 e. The fourth-order valence-electron chi connectivity index (χ4n) is 2.70. The zero-order chi connectivity index (χ0) is 16.7. The Morgan fingerprint density at radius 3 is 2.91 bits per heavy atom. The number of hydrogen-bond acceptors (Lipinski definition) is 3. The molecule has 0 aliphatic carbocycles. The minimum absolute atomic E-state index is 0.0818. The summed E-state index contributed by atoms with van der Waals surface area (Å²) in [6, 6.07) is 5.94. The van der Waals surface area contributed by atoms with E-state index in [9.17, 15) is 4.79 Å². The summed E-state index contributed by atoms with van der Waals surface area (Å²) in [5.41, 5.74) is 2.82. The summed E-state index contributed by atoms with van der Waals surface area (Å²) in [6.07, 6.45) is 5.72. The normalized spacial score (nSPS) is 12.5. The van der Waals surface area contributed by atoms with Gasteiger partial charge < -0.3 is 9.73 Å². The second kappa shape index (κ2) is 8.70. The lowest BCUT2D eigenvalue weighted by atomic mass is 9.99. The molecule has 2 rings (SSSR count). The molecule has 1 N–H and O–H groups in total. The summed E-state index contributed by atoms with van der Waals surface area (Å²) >= 11 is 0. The van der Waals surface area contributed by atoms with Crippen LogP contribution in [0.2, 0.25) is 0 Å². The van der Waals surface area contributed by atoms with Gasteiger partial charge in [-0.2, -0.15) is 0 Å². The third kappa shape index (κ3) is 5.38. The molecule has 4 nitrogen and oxygen atoms in total. The smallest absolute Gasteiger partial charge is 0.220 e. The lowest BCUT2D eigenvalue weighted by molar-refractivity contribution is -0.121. The monoisotopic (exact) mass is 316 g/mol. The minimum Gasteiger partial charge on any atom is -0.441 e. The van der Waals surface area contributed by atoms with Crippen molar-refractivity contribution in [2.45, 2.75) is 59.3 Å². The molecule has 0 aliphatic rings. The van der Waals surface area contributed by atoms with Crippen LogP contribution in [0.1, 0.15) is 57.4 Å². The highest BCUT2D eigenvalue weighted by Gasteiger charge is 2.11. The number of aryl methyl sites for hydroxylation is 2. The fraction of sp³-hybridized carbons (Fsp3) is 0.579. The Morgan fingerprint density at radius 2 is 2.17 bits per heavy atom. The molecule has 1 heterocycles. The molecule has 1 atom stereocenters. The minimum atomic E-state index is 0.0818. The molecule has 0 spiro atoms. The van der Waals surface area contributed by atoms with Crippen molar-refractivity contribution in [2.24, 2.45) is 5.92 Å². The van der Waals surface area contributed by atoms with Crippen LogP contribution in [-0.4, -0.2) is 17.4 Å². The summed E-state index contributed by atoms with van der Waals surface area (Å²) < 4.78 is 5.68. The predicted octanol–water partition coefficient (Wildman–Crippen LogP) is 4.40. The number of hydrogen-bond donors (Lipinski definition) is 1. The maximum atomic E-state index is 12.0. The van der Waals surface area contributed by atoms with Gasteiger partial charge >= 0.3 is 0 Å². The molecule has 0 saturated heterocycles. The van der Waals surface area contributed by atoms with Gasteiger partial charge in [-0.15, -0.1) is 0 Å². The molecule has 1 aromatic carbocycles. The number of unbranched alkanes of at least 4 members (excludes halogenated alkanes) is 1. The van der Waals surface area contributed by atoms with Gasteiger partial charge in [0.15, 0.2) is 11.5 Å². The summed E-state index contributed by atoms with van der Waals surface area (Å²) in [7, 11) is 0. The van der Waals surface area contributed by atoms with E-state index in [1.807, 2.05) is 25.1 Å². The highest BCUT2D eigenvalue weighted by atomic mass is 16.3. The maximum Gasteiger partial charge on any atom is 0.220 e. The number of carbonyl (C=O) groups excluding carboxylic acids is 1. The Labute approximate surface area is 138 Å². The van der Waals surface area contributed by atoms with E-state index < -0.39 is 0 Å². The van der Waals surface area contributed by atoms with Crippen LogP contribution >= 0.6 is 0 Å². The molecular formula is C19H28N2O2. The van der Waals surface area contributed by atoms with Gasteiger partial charge in [0, 0.05) is 19.4 Å². The molecule has 0 fully saturated rings. The molecule has 4 heteroatoms. The molecular weight excluding hydrogens is 288 g/mol. The first-order valence-electron chi connectivity index (χ1n) is 8.75. The van der Waals surface area contributed by atoms with Gasteiger partial charge in [0.1, 0.15) is 5.52 Å². The number of rotatable bonds is 9. The van der Waals surface area contributed by atoms with Crippen LogP contribution in [0.25, 0.3) is 11.1 Å². The van der Waals surface area contributed by atoms with Crippen LogP contribution in [0.5, 0.6) is 0 Å². The number of benzene rings is 1. The predicted molar refractivity (Wildman–Crippen MR) is 93.4 cm³/mol. The van der Waals surface area contributed by atoms with E-state index >= 15 is 0 Å². The molecule has 0 saturated carbocycles. The number of nitrogens with zero attached hydrogens (tertiary/aromatic N) is 1. The van der Waals surface area contributed by atoms with E-state index in [0.717, 1.165) is 29.6 Å². The van der Waals surface area contributed by atoms with Crippen molar-refractivity contribution in [1.82, 2.24) is 10.3 Å². The molecule has 1 amide bonds. The molecule has 0 radical (unpaired) electrons. The topological polar surface area (TPSA) is 55.1 Å². The van der Waals surface area contributed by atoms with E-state index in [0.29, 0.717) is 24.7 Å². The first-order valence-corrected chi connectivity index (χ1v) is 8.75. The van der Waals surface area contributed by atoms with Crippen molar-refractivity contribution in [3.63, 3.8) is 0 Å². The van der Waals surface area contributed by atoms with Crippen LogP contribution in [0.15, 0.2) is 22.6 Å². The molecule has 1 unspecified atom stereocenters. The van der Waals surface area contributed by atoms with E-state index in [2.05, 4.69) is 24.1 Å². The first kappa shape index (κ1) is 17.5. The van der Waals surface area contributed by atoms with Crippen LogP contribution in [-0.2, 0) is 11.2 Å². The summed E-state index contributed by atoms with van der Waals surface area (Å²) in [4.78, 5) is 16.5. The van der Waals surface area contributed by atoms with Crippen molar-refractivity contribution in [1.29, 1.82) is 0 Å². The van der Waals surface area contributed by atoms with Crippen molar-refractivity contribution in [3.05, 3.63) is 29.7 Å². The van der Waals surface area contributed by atoms with Gasteiger partial charge in [-0.3, -0.25) is 4.79 Å². The van der Waals surface area contributed by atoms with Gasteiger partial charge in [-0.25, -0.2) is 4.98 Å². The first-order chi connectivity index (χ1) is 11.1. The number of oxazole rings is 1. The molecule has 23 heavy (non-hydrogen) atoms. The molecule has 2 aromatic rings. The van der Waals surface area contributed by atoms with Crippen molar-refractivity contribution >= 4 is 17.0 Å². The number of amides is 1. The highest BCUT2D eigenvalue weighted by molar-refractivity contribution is 5.76. The van der Waals surface area contributed by atoms with Crippen molar-refractivity contribution < 1.29 is 9.21 Å². The Morgan fingerprint density at radius 1 is 1.35 bits per heavy atom. The quantitative estimate of drug-likeness (QED) is 0.746. The van der Waals surface area contributed by atoms with Gasteiger partial charge in [0.05, 0.1) is 0 Å². The Balaban J connectivity index is 1.78. The third-order valence-corrected chi connectivity index (χ3v) is 4.28. The van der Waals surface area contributed by atoms with Crippen LogP contribution < -0.4 is 5.32 Å². The van der Waals surface area contributed by atoms with Crippen LogP contribution in [0, 0.1) is 12.8 Å². The third-order valence-electron chi connectivity index (χ3n) is 4.28. The van der Waals surface area contributed by atoms with Gasteiger partial charge in [-0.1, -0.05) is 39.2 Å². The fourth-order valence-corrected chi connectivity index (χ4v) is 2.70. The SMILES string of the molecule is CCCCC(CC)CNC(=O)CCc1nc2cc(C)ccc2o1. The number of carbonyl (C=O) groups is 1. The Bertz CT molecular complexity index is 633. The summed E-state index contributed by atoms with van der Waals surface area (Å²) in [5.74, 6) is 1.31. The summed E-state index contributed by atoms with van der Waals surface area (Å²) in [6.45, 7) is 7.20. The second-order valence-corrected chi connectivity index (χ2v) is 6.30. The van der Waals surface area contributed by atoms with Gasteiger partial charge in [0.25, 0.3) is 0 Å². The Kier molecular flexibility index (Phi) is 6.63. The maximum absolute atomic E-state index is 12.0. The molecule has 0 bridgehead atoms. The van der Waals surface area contributed by atoms with E-state index in [-0.39, 0.29) is 5.91 Å². The second-order valence-electron chi connectivity index (χ2n) is 6.30. The van der Waals surface area contributed by atoms with Crippen LogP contribution in [0.3, 0.4) is 0 Å². The highest BCUT2D eigenvalue weighted by Crippen LogP contribution is 2.17. The van der Waals surface area contributed by atoms with Gasteiger partial charge in [-0.05, 0) is 37.0 Å². The zero-order valence-electron chi connectivity index (χ0n) is 14.5. The molecule has 0 aliphatic heterocycles. The average molecular weight is 316 g/mol.